The molecule has 1 atom stereocenters. The van der Waals surface area contributed by atoms with Gasteiger partial charge < -0.3 is 14.4 Å². The van der Waals surface area contributed by atoms with Crippen LogP contribution in [-0.4, -0.2) is 32.4 Å². The summed E-state index contributed by atoms with van der Waals surface area (Å²) >= 11 is 8.07. The summed E-state index contributed by atoms with van der Waals surface area (Å²) in [6.45, 7) is 6.33. The van der Waals surface area contributed by atoms with E-state index in [1.54, 1.807) is 33.3 Å². The van der Waals surface area contributed by atoms with Crippen LogP contribution in [0.5, 0.6) is 5.75 Å². The molecule has 0 N–H and O–H groups in total. The Morgan fingerprint density at radius 3 is 2.56 bits per heavy atom. The molecule has 32 heavy (non-hydrogen) atoms. The van der Waals surface area contributed by atoms with E-state index in [1.807, 2.05) is 30.9 Å². The van der Waals surface area contributed by atoms with Crippen LogP contribution >= 0.6 is 22.9 Å². The van der Waals surface area contributed by atoms with Crippen LogP contribution in [0.25, 0.3) is 11.3 Å². The molecule has 0 saturated heterocycles. The van der Waals surface area contributed by atoms with Gasteiger partial charge in [0.1, 0.15) is 11.6 Å². The summed E-state index contributed by atoms with van der Waals surface area (Å²) in [4.78, 5) is 7.87. The molecule has 1 unspecified atom stereocenters. The Balaban J connectivity index is 2.08. The van der Waals surface area contributed by atoms with Gasteiger partial charge in [0, 0.05) is 17.6 Å². The fourth-order valence-electron chi connectivity index (χ4n) is 3.57. The molecule has 3 aromatic rings. The Labute approximate surface area is 198 Å². The van der Waals surface area contributed by atoms with Gasteiger partial charge in [-0.15, -0.1) is 17.8 Å². The van der Waals surface area contributed by atoms with E-state index in [4.69, 9.17) is 32.5 Å². The third-order valence-electron chi connectivity index (χ3n) is 5.31. The van der Waals surface area contributed by atoms with Crippen molar-refractivity contribution in [1.82, 2.24) is 4.98 Å². The standard InChI is InChI=1S/C25H26ClFN2O2S/c1-7-10-29(22(14-30-5)18-9-8-15(2)21(27)12-18)25-28-24(17(4)32-25)19-11-16(3)23(31-6)13-20(19)26/h1,8-9,11-13,22H,10,14H2,2-6H3. The lowest BCUT2D eigenvalue weighted by molar-refractivity contribution is 0.178. The van der Waals surface area contributed by atoms with Gasteiger partial charge in [-0.05, 0) is 55.7 Å². The van der Waals surface area contributed by atoms with E-state index < -0.39 is 0 Å². The number of hydrogen-bond acceptors (Lipinski definition) is 5. The van der Waals surface area contributed by atoms with E-state index in [-0.39, 0.29) is 11.9 Å². The Bertz CT molecular complexity index is 1160. The van der Waals surface area contributed by atoms with E-state index in [2.05, 4.69) is 5.92 Å². The maximum atomic E-state index is 14.3. The van der Waals surface area contributed by atoms with Crippen molar-refractivity contribution < 1.29 is 13.9 Å². The fourth-order valence-corrected chi connectivity index (χ4v) is 4.78. The Morgan fingerprint density at radius 2 is 1.94 bits per heavy atom. The van der Waals surface area contributed by atoms with E-state index >= 15 is 0 Å². The molecule has 0 amide bonds. The monoisotopic (exact) mass is 472 g/mol. The number of aryl methyl sites for hydroxylation is 3. The lowest BCUT2D eigenvalue weighted by Crippen LogP contribution is -2.32. The molecular weight excluding hydrogens is 447 g/mol. The van der Waals surface area contributed by atoms with Gasteiger partial charge in [0.05, 0.1) is 37.0 Å². The first kappa shape index (κ1) is 24.1. The van der Waals surface area contributed by atoms with Gasteiger partial charge in [0.15, 0.2) is 5.13 Å². The first-order valence-corrected chi connectivity index (χ1v) is 11.3. The number of ether oxygens (including phenoxy) is 2. The lowest BCUT2D eigenvalue weighted by atomic mass is 10.0. The SMILES string of the molecule is C#CCN(c1nc(-c2cc(C)c(OC)cc2Cl)c(C)s1)C(COC)c1ccc(C)c(F)c1. The van der Waals surface area contributed by atoms with Crippen LogP contribution < -0.4 is 9.64 Å². The summed E-state index contributed by atoms with van der Waals surface area (Å²) in [5.74, 6) is 3.17. The largest absolute Gasteiger partial charge is 0.496 e. The Morgan fingerprint density at radius 1 is 1.19 bits per heavy atom. The van der Waals surface area contributed by atoms with Crippen LogP contribution in [0.2, 0.25) is 5.02 Å². The topological polar surface area (TPSA) is 34.6 Å². The molecule has 0 radical (unpaired) electrons. The number of aromatic nitrogens is 1. The number of anilines is 1. The van der Waals surface area contributed by atoms with E-state index in [1.165, 1.54) is 17.4 Å². The van der Waals surface area contributed by atoms with Gasteiger partial charge >= 0.3 is 0 Å². The average molecular weight is 473 g/mol. The normalized spacial score (nSPS) is 11.8. The van der Waals surface area contributed by atoms with Gasteiger partial charge in [0.2, 0.25) is 0 Å². The van der Waals surface area contributed by atoms with Crippen molar-refractivity contribution in [2.45, 2.75) is 26.8 Å². The highest BCUT2D eigenvalue weighted by atomic mass is 35.5. The van der Waals surface area contributed by atoms with Crippen LogP contribution in [-0.2, 0) is 4.74 Å². The molecule has 4 nitrogen and oxygen atoms in total. The number of rotatable bonds is 8. The smallest absolute Gasteiger partial charge is 0.187 e. The Hall–Kier alpha value is -2.59. The summed E-state index contributed by atoms with van der Waals surface area (Å²) < 4.78 is 25.2. The predicted molar refractivity (Wildman–Crippen MR) is 131 cm³/mol. The van der Waals surface area contributed by atoms with Crippen molar-refractivity contribution in [2.75, 3.05) is 32.3 Å². The summed E-state index contributed by atoms with van der Waals surface area (Å²) in [5, 5.41) is 1.29. The third-order valence-corrected chi connectivity index (χ3v) is 6.63. The first-order valence-electron chi connectivity index (χ1n) is 10.1. The van der Waals surface area contributed by atoms with Crippen molar-refractivity contribution in [3.8, 4) is 29.4 Å². The second kappa shape index (κ2) is 10.4. The van der Waals surface area contributed by atoms with E-state index in [9.17, 15) is 4.39 Å². The van der Waals surface area contributed by atoms with Crippen molar-refractivity contribution in [2.24, 2.45) is 0 Å². The van der Waals surface area contributed by atoms with Crippen LogP contribution in [0.1, 0.15) is 27.6 Å². The second-order valence-corrected chi connectivity index (χ2v) is 9.10. The van der Waals surface area contributed by atoms with Gasteiger partial charge in [-0.25, -0.2) is 9.37 Å². The maximum Gasteiger partial charge on any atom is 0.187 e. The quantitative estimate of drug-likeness (QED) is 0.357. The first-order chi connectivity index (χ1) is 15.3. The molecule has 0 aliphatic rings. The van der Waals surface area contributed by atoms with E-state index in [0.29, 0.717) is 23.7 Å². The number of nitrogens with zero attached hydrogens (tertiary/aromatic N) is 2. The molecule has 0 spiro atoms. The van der Waals surface area contributed by atoms with Crippen molar-refractivity contribution >= 4 is 28.1 Å². The van der Waals surface area contributed by atoms with Crippen LogP contribution in [0.15, 0.2) is 30.3 Å². The molecule has 0 aliphatic carbocycles. The van der Waals surface area contributed by atoms with E-state index in [0.717, 1.165) is 38.1 Å². The zero-order chi connectivity index (χ0) is 23.4. The third kappa shape index (κ3) is 4.91. The molecule has 2 aromatic carbocycles. The fraction of sp³-hybridized carbons (Fsp3) is 0.320. The lowest BCUT2D eigenvalue weighted by Gasteiger charge is -2.30. The molecular formula is C25H26ClFN2O2S. The maximum absolute atomic E-state index is 14.3. The van der Waals surface area contributed by atoms with Crippen molar-refractivity contribution in [1.29, 1.82) is 0 Å². The molecule has 1 heterocycles. The van der Waals surface area contributed by atoms with Gasteiger partial charge in [-0.1, -0.05) is 29.7 Å². The molecule has 3 rings (SSSR count). The highest BCUT2D eigenvalue weighted by Gasteiger charge is 2.26. The zero-order valence-electron chi connectivity index (χ0n) is 18.8. The highest BCUT2D eigenvalue weighted by Crippen LogP contribution is 2.40. The number of halogens is 2. The second-order valence-electron chi connectivity index (χ2n) is 7.51. The Kier molecular flexibility index (Phi) is 7.78. The van der Waals surface area contributed by atoms with Crippen molar-refractivity contribution in [3.63, 3.8) is 0 Å². The highest BCUT2D eigenvalue weighted by molar-refractivity contribution is 7.16. The predicted octanol–water partition coefficient (Wildman–Crippen LogP) is 6.36. The molecule has 0 fully saturated rings. The number of thiazole rings is 1. The summed E-state index contributed by atoms with van der Waals surface area (Å²) in [7, 11) is 3.23. The summed E-state index contributed by atoms with van der Waals surface area (Å²) in [6.07, 6.45) is 5.70. The molecule has 7 heteroatoms. The number of terminal acetylenes is 1. The minimum atomic E-state index is -0.294. The molecule has 0 bridgehead atoms. The van der Waals surface area contributed by atoms with Crippen LogP contribution in [0.4, 0.5) is 9.52 Å². The van der Waals surface area contributed by atoms with Crippen LogP contribution in [0, 0.1) is 38.9 Å². The molecule has 0 aliphatic heterocycles. The van der Waals surface area contributed by atoms with Gasteiger partial charge in [-0.3, -0.25) is 0 Å². The summed E-state index contributed by atoms with van der Waals surface area (Å²) in [6, 6.07) is 8.68. The average Bonchev–Trinajstić information content (AvgIpc) is 3.15. The molecule has 1 aromatic heterocycles. The summed E-state index contributed by atoms with van der Waals surface area (Å²) in [5.41, 5.74) is 3.95. The molecule has 168 valence electrons. The van der Waals surface area contributed by atoms with Gasteiger partial charge in [0.25, 0.3) is 0 Å². The van der Waals surface area contributed by atoms with Crippen LogP contribution in [0.3, 0.4) is 0 Å². The zero-order valence-corrected chi connectivity index (χ0v) is 20.4. The van der Waals surface area contributed by atoms with Gasteiger partial charge in [-0.2, -0.15) is 0 Å². The minimum absolute atomic E-state index is 0.263. The van der Waals surface area contributed by atoms with Crippen molar-refractivity contribution in [3.05, 3.63) is 62.7 Å². The number of methoxy groups -OCH3 is 2. The minimum Gasteiger partial charge on any atom is -0.496 e. The number of benzene rings is 2. The molecule has 0 saturated carbocycles. The number of hydrogen-bond donors (Lipinski definition) is 0.